The maximum atomic E-state index is 13.9. The average Bonchev–Trinajstić information content (AvgIpc) is 0.813. The maximum Gasteiger partial charge on any atom is 0.436 e. The Hall–Kier alpha value is -5.22. The number of rotatable bonds is 56. The topological polar surface area (TPSA) is 591 Å². The van der Waals surface area contributed by atoms with Crippen LogP contribution in [0.1, 0.15) is 52.0 Å². The summed E-state index contributed by atoms with van der Waals surface area (Å²) in [6.45, 7) is 0.0298. The molecule has 0 bridgehead atoms. The van der Waals surface area contributed by atoms with Gasteiger partial charge in [0.1, 0.15) is 84.3 Å². The number of benzene rings is 1. The smallest absolute Gasteiger partial charge is 0.418 e. The lowest BCUT2D eigenvalue weighted by Crippen LogP contribution is -2.64. The molecule has 3 aliphatic heterocycles. The average molecular weight is 1690 g/mol. The zero-order valence-electron chi connectivity index (χ0n) is 60.5. The molecule has 0 aliphatic carbocycles. The number of carbonyl (C=O) groups is 8. The molecule has 1 unspecified atom stereocenters. The zero-order chi connectivity index (χ0) is 79.4. The lowest BCUT2D eigenvalue weighted by atomic mass is 9.97. The number of aliphatic hydroxyl groups excluding tert-OH is 9. The zero-order valence-corrected chi connectivity index (χ0v) is 63.5. The molecule has 0 saturated carbocycles. The Morgan fingerprint density at radius 2 is 0.713 bits per heavy atom. The van der Waals surface area contributed by atoms with Crippen LogP contribution < -0.4 is 47.1 Å². The number of amides is 8. The van der Waals surface area contributed by atoms with E-state index < -0.39 is 164 Å². The summed E-state index contributed by atoms with van der Waals surface area (Å²) in [5.41, 5.74) is -0.925. The quantitative estimate of drug-likeness (QED) is 0.0164. The minimum absolute atomic E-state index is 0.0114. The van der Waals surface area contributed by atoms with Crippen LogP contribution in [0.5, 0.6) is 5.75 Å². The highest BCUT2D eigenvalue weighted by atomic mass is 127. The van der Waals surface area contributed by atoms with Crippen LogP contribution in [0.2, 0.25) is 0 Å². The van der Waals surface area contributed by atoms with E-state index in [1.807, 2.05) is 0 Å². The molecule has 3 saturated heterocycles. The summed E-state index contributed by atoms with van der Waals surface area (Å²) in [6, 6.07) is 2.64. The molecule has 1 aromatic rings. The summed E-state index contributed by atoms with van der Waals surface area (Å²) in [4.78, 5) is 110. The van der Waals surface area contributed by atoms with Crippen molar-refractivity contribution in [3.63, 3.8) is 0 Å². The molecule has 620 valence electrons. The highest BCUT2D eigenvalue weighted by Gasteiger charge is 2.48. The number of hydrogen-bond donors (Lipinski definition) is 18. The minimum atomic E-state index is -3.78. The first-order valence-corrected chi connectivity index (χ1v) is 39.3. The van der Waals surface area contributed by atoms with Gasteiger partial charge >= 0.3 is 5.24 Å². The minimum Gasteiger partial charge on any atom is -0.418 e. The normalized spacial score (nSPS) is 24.9. The molecule has 18 N–H and O–H groups in total. The Kier molecular flexibility index (Phi) is 46.6. The lowest BCUT2D eigenvalue weighted by Gasteiger charge is -2.42. The van der Waals surface area contributed by atoms with Gasteiger partial charge in [-0.15, -0.1) is 0 Å². The summed E-state index contributed by atoms with van der Waals surface area (Å²) < 4.78 is 96.0. The predicted molar refractivity (Wildman–Crippen MR) is 377 cm³/mol. The third-order valence-electron chi connectivity index (χ3n) is 15.9. The van der Waals surface area contributed by atoms with E-state index in [0.717, 1.165) is 0 Å². The van der Waals surface area contributed by atoms with E-state index in [4.69, 9.17) is 70.8 Å². The van der Waals surface area contributed by atoms with Gasteiger partial charge in [0.25, 0.3) is 0 Å². The fraction of sp³-hybridized carbons (Fsp3) is 0.781. The molecule has 0 radical (unpaired) electrons. The first-order chi connectivity index (χ1) is 51.6. The molecule has 0 spiro atoms. The van der Waals surface area contributed by atoms with Gasteiger partial charge in [-0.3, -0.25) is 38.4 Å². The van der Waals surface area contributed by atoms with Crippen LogP contribution in [0.25, 0.3) is 0 Å². The summed E-state index contributed by atoms with van der Waals surface area (Å²) in [6.07, 6.45) is -17.1. The van der Waals surface area contributed by atoms with Crippen LogP contribution in [-0.2, 0) is 116 Å². The number of nitrogens with one attached hydrogen (secondary N) is 8. The van der Waals surface area contributed by atoms with Crippen LogP contribution >= 0.6 is 27.3 Å². The summed E-state index contributed by atoms with van der Waals surface area (Å²) in [5.74, 6) is -3.70. The van der Waals surface area contributed by atoms with E-state index in [0.29, 0.717) is 5.56 Å². The third-order valence-corrected chi connectivity index (χ3v) is 16.9. The SMILES string of the molecule is CC(=O)N[C@H]1[C@H](OCCOCCNC(=O)CCOCC(COCCC(=O)NCCOCCO[C@@H]2O[C@H](CO)[C@H](O)[C@H](O)[C@H]2NC(C)=O)(COCCC(=O)NCCOCCO[C@@H]2O[C@H](CO)[C@H](O)[C@H](O)[C@H]2NC(C)=O)NC(=O)CCOCCOCCNC(=O)Cc2ccc(OP(=O)(O)I)cc2)O[C@H](CO)[C@H](O)[C@@H]1O. The Balaban J connectivity index is 1.33. The molecule has 108 heavy (non-hydrogen) atoms. The van der Waals surface area contributed by atoms with E-state index >= 15 is 0 Å². The second-order valence-corrected chi connectivity index (χ2v) is 29.5. The highest BCUT2D eigenvalue weighted by Crippen LogP contribution is 2.51. The fourth-order valence-electron chi connectivity index (χ4n) is 10.6. The predicted octanol–water partition coefficient (Wildman–Crippen LogP) is -7.96. The lowest BCUT2D eigenvalue weighted by molar-refractivity contribution is -0.272. The maximum absolute atomic E-state index is 13.9. The number of ether oxygens (including phenoxy) is 14. The van der Waals surface area contributed by atoms with Crippen LogP contribution in [0, 0.1) is 0 Å². The van der Waals surface area contributed by atoms with Gasteiger partial charge in [-0.1, -0.05) is 12.1 Å². The fourth-order valence-corrected chi connectivity index (χ4v) is 11.6. The Labute approximate surface area is 636 Å². The van der Waals surface area contributed by atoms with Crippen molar-refractivity contribution in [1.82, 2.24) is 42.5 Å². The summed E-state index contributed by atoms with van der Waals surface area (Å²) in [7, 11) is 0. The van der Waals surface area contributed by atoms with Crippen LogP contribution in [0.3, 0.4) is 0 Å². The van der Waals surface area contributed by atoms with Gasteiger partial charge in [-0.2, -0.15) is 0 Å². The standard InChI is InChI=1S/C64H108IN8O34P/c1-39(77)70-52-58(88)55(85)44(33-74)104-61(52)101-29-26-95-20-12-66-47(80)8-17-98-36-64(73-50(83)11-16-93-24-25-94-23-15-69-51(84)32-42-4-6-43(7-5-42)107-108(65,91)92,37-99-18-9-48(81)67-13-21-96-27-30-102-62-53(71-40(2)78)59(89)56(86)45(34-75)105-62)38-100-19-10-49(82)68-14-22-97-28-31-103-63-54(72-41(3)79)60(90)57(87)46(35-76)106-63/h4-7,44-46,52-63,74-76,85-90H,8-38H2,1-3H3,(H,66,80)(H,67,81)(H,68,82)(H,69,84)(H,70,77)(H,71,78)(H,72,79)(H,73,83)(H,91,92)/t44-,45-,46-,52-,53-,54-,55+,56+,57+,58-,59-,60-,61-,62-,63-/m1/s1. The molecule has 0 aromatic heterocycles. The molecule has 42 nitrogen and oxygen atoms in total. The Morgan fingerprint density at radius 1 is 0.417 bits per heavy atom. The van der Waals surface area contributed by atoms with Gasteiger partial charge in [-0.25, -0.2) is 4.57 Å². The van der Waals surface area contributed by atoms with Gasteiger partial charge in [-0.05, 0) is 17.7 Å². The van der Waals surface area contributed by atoms with Gasteiger partial charge in [0, 0.05) is 72.6 Å². The van der Waals surface area contributed by atoms with E-state index in [2.05, 4.69) is 42.5 Å². The Bertz CT molecular complexity index is 2650. The van der Waals surface area contributed by atoms with Crippen molar-refractivity contribution in [2.45, 2.75) is 150 Å². The largest absolute Gasteiger partial charge is 0.436 e. The van der Waals surface area contributed by atoms with Crippen molar-refractivity contribution < 1.29 is 165 Å². The van der Waals surface area contributed by atoms with Crippen LogP contribution in [0.4, 0.5) is 0 Å². The van der Waals surface area contributed by atoms with Crippen molar-refractivity contribution in [2.75, 3.05) is 172 Å². The van der Waals surface area contributed by atoms with Gasteiger partial charge in [0.2, 0.25) is 47.3 Å². The molecule has 44 heteroatoms. The van der Waals surface area contributed by atoms with Crippen LogP contribution in [0.15, 0.2) is 24.3 Å². The number of aliphatic hydroxyl groups is 9. The molecule has 4 rings (SSSR count). The van der Waals surface area contributed by atoms with Crippen LogP contribution in [-0.4, -0.2) is 367 Å². The van der Waals surface area contributed by atoms with Gasteiger partial charge in [0.05, 0.1) is 174 Å². The van der Waals surface area contributed by atoms with Crippen molar-refractivity contribution in [3.8, 4) is 5.75 Å². The monoisotopic (exact) mass is 1690 g/mol. The molecule has 1 aromatic carbocycles. The van der Waals surface area contributed by atoms with Gasteiger partial charge < -0.3 is 164 Å². The molecule has 8 amide bonds. The Morgan fingerprint density at radius 3 is 1.03 bits per heavy atom. The molecular formula is C64H108IN8O34P. The second-order valence-electron chi connectivity index (χ2n) is 24.7. The first kappa shape index (κ1) is 95.2. The van der Waals surface area contributed by atoms with E-state index in [1.165, 1.54) is 54.9 Å². The summed E-state index contributed by atoms with van der Waals surface area (Å²) >= 11 is 1.29. The number of halogens is 1. The number of hydrogen-bond acceptors (Lipinski definition) is 33. The van der Waals surface area contributed by atoms with Crippen molar-refractivity contribution >= 4 is 74.5 Å². The van der Waals surface area contributed by atoms with E-state index in [-0.39, 0.29) is 195 Å². The number of carbonyl (C=O) groups excluding carboxylic acids is 8. The first-order valence-electron chi connectivity index (χ1n) is 34.9. The molecular weight excluding hydrogens is 1580 g/mol. The van der Waals surface area contributed by atoms with Crippen molar-refractivity contribution in [3.05, 3.63) is 29.8 Å². The molecule has 16 atom stereocenters. The van der Waals surface area contributed by atoms with Crippen molar-refractivity contribution in [2.24, 2.45) is 0 Å². The van der Waals surface area contributed by atoms with E-state index in [1.54, 1.807) is 12.1 Å². The molecule has 3 fully saturated rings. The molecule has 3 aliphatic rings. The van der Waals surface area contributed by atoms with Gasteiger partial charge in [0.15, 0.2) is 18.9 Å². The second kappa shape index (κ2) is 52.9. The van der Waals surface area contributed by atoms with Crippen molar-refractivity contribution in [1.29, 1.82) is 0 Å². The summed E-state index contributed by atoms with van der Waals surface area (Å²) in [5, 5.41) is 108. The highest BCUT2D eigenvalue weighted by molar-refractivity contribution is 14.2. The molecule has 3 heterocycles. The van der Waals surface area contributed by atoms with E-state index in [9.17, 15) is 93.8 Å². The third kappa shape index (κ3) is 37.9.